The molecule has 0 radical (unpaired) electrons. The van der Waals surface area contributed by atoms with Crippen molar-refractivity contribution < 1.29 is 81.0 Å². The van der Waals surface area contributed by atoms with Crippen LogP contribution < -0.4 is 0 Å². The van der Waals surface area contributed by atoms with Gasteiger partial charge in [-0.3, -0.25) is 42.9 Å². The Hall–Kier alpha value is -4.85. The summed E-state index contributed by atoms with van der Waals surface area (Å²) in [5.74, 6) is -6.93. The van der Waals surface area contributed by atoms with Gasteiger partial charge in [0.2, 0.25) is 0 Å². The molecule has 2 rings (SSSR count). The largest absolute Gasteiger partial charge is 0.463 e. The molecule has 0 spiro atoms. The molecule has 0 aliphatic carbocycles. The average molecular weight is 733 g/mol. The summed E-state index contributed by atoms with van der Waals surface area (Å²) in [5.41, 5.74) is -0.125. The Morgan fingerprint density at radius 3 is 1.66 bits per heavy atom. The average Bonchev–Trinajstić information content (AvgIpc) is 3.26. The van der Waals surface area contributed by atoms with E-state index in [0.717, 1.165) is 55.4 Å². The van der Waals surface area contributed by atoms with Crippen molar-refractivity contribution in [3.05, 3.63) is 16.7 Å². The first-order valence-corrected chi connectivity index (χ1v) is 15.4. The topological polar surface area (TPSA) is 229 Å². The van der Waals surface area contributed by atoms with Crippen LogP contribution >= 0.6 is 12.2 Å². The second kappa shape index (κ2) is 18.2. The summed E-state index contributed by atoms with van der Waals surface area (Å²) < 4.78 is 51.9. The number of esters is 8. The van der Waals surface area contributed by atoms with Gasteiger partial charge in [0.05, 0.1) is 5.69 Å². The second-order valence-electron chi connectivity index (χ2n) is 11.0. The van der Waals surface area contributed by atoms with E-state index in [-0.39, 0.29) is 10.5 Å². The Labute approximate surface area is 291 Å². The minimum atomic E-state index is -1.72. The van der Waals surface area contributed by atoms with Gasteiger partial charge in [0, 0.05) is 68.6 Å². The number of nitrogens with zero attached hydrogens (tertiary/aromatic N) is 2. The molecule has 1 aliphatic heterocycles. The van der Waals surface area contributed by atoms with Crippen LogP contribution in [0.1, 0.15) is 73.4 Å². The Bertz CT molecular complexity index is 1530. The molecule has 50 heavy (non-hydrogen) atoms. The standard InChI is InChI=1S/C30H40N2O17S/c1-13(33)41-11-22(43-15(3)35)25(45-17(5)37)24(44-16(4)36)21-10-31(9)30(50)32(21)29-28(48-20(8)40)27(47-19(7)39)26(46-18(6)38)23(49-29)12-42-14(2)34/h10,22-29H,11-12H2,1-9H3/t22-,23-,24-,25-,26-,27+,28-,29-/m1/s1. The number of ether oxygens (including phenoxy) is 9. The molecule has 2 heterocycles. The SMILES string of the molecule is CC(=O)OC[C@H]1O[C@@H](n2c([C@@H](OC(C)=O)[C@H](OC(C)=O)[C@@H](COC(C)=O)OC(C)=O)cn(C)c2=S)[C@H](OC(C)=O)[C@@H](OC(C)=O)[C@@H]1OC(C)=O. The first kappa shape index (κ1) is 41.3. The molecule has 1 aromatic rings. The summed E-state index contributed by atoms with van der Waals surface area (Å²) >= 11 is 5.68. The molecule has 20 heteroatoms. The number of hydrogen-bond acceptors (Lipinski definition) is 18. The fourth-order valence-corrected chi connectivity index (χ4v) is 5.35. The monoisotopic (exact) mass is 732 g/mol. The highest BCUT2D eigenvalue weighted by Crippen LogP contribution is 2.39. The van der Waals surface area contributed by atoms with Crippen molar-refractivity contribution in [2.75, 3.05) is 13.2 Å². The van der Waals surface area contributed by atoms with E-state index in [2.05, 4.69) is 0 Å². The van der Waals surface area contributed by atoms with Crippen LogP contribution in [-0.4, -0.2) is 107 Å². The third-order valence-corrected chi connectivity index (χ3v) is 7.14. The van der Waals surface area contributed by atoms with E-state index >= 15 is 0 Å². The fraction of sp³-hybridized carbons (Fsp3) is 0.633. The van der Waals surface area contributed by atoms with Crippen molar-refractivity contribution in [2.45, 2.75) is 104 Å². The summed E-state index contributed by atoms with van der Waals surface area (Å²) in [7, 11) is 1.47. The van der Waals surface area contributed by atoms with Gasteiger partial charge in [-0.25, -0.2) is 0 Å². The molecule has 0 saturated carbocycles. The summed E-state index contributed by atoms with van der Waals surface area (Å²) in [6, 6.07) is 0. The van der Waals surface area contributed by atoms with Crippen LogP contribution in [0.5, 0.6) is 0 Å². The predicted molar refractivity (Wildman–Crippen MR) is 164 cm³/mol. The predicted octanol–water partition coefficient (Wildman–Crippen LogP) is 0.842. The van der Waals surface area contributed by atoms with Crippen LogP contribution in [0.3, 0.4) is 0 Å². The van der Waals surface area contributed by atoms with E-state index in [1.54, 1.807) is 0 Å². The van der Waals surface area contributed by atoms with Gasteiger partial charge in [0.1, 0.15) is 19.3 Å². The van der Waals surface area contributed by atoms with Crippen LogP contribution in [0.4, 0.5) is 0 Å². The zero-order chi connectivity index (χ0) is 38.0. The van der Waals surface area contributed by atoms with Crippen LogP contribution in [0.2, 0.25) is 0 Å². The van der Waals surface area contributed by atoms with Gasteiger partial charge in [-0.2, -0.15) is 0 Å². The van der Waals surface area contributed by atoms with Crippen molar-refractivity contribution in [3.63, 3.8) is 0 Å². The van der Waals surface area contributed by atoms with Crippen molar-refractivity contribution in [1.82, 2.24) is 9.13 Å². The van der Waals surface area contributed by atoms with Gasteiger partial charge in [-0.15, -0.1) is 0 Å². The lowest BCUT2D eigenvalue weighted by Crippen LogP contribution is -2.60. The van der Waals surface area contributed by atoms with Gasteiger partial charge in [0.25, 0.3) is 0 Å². The van der Waals surface area contributed by atoms with Gasteiger partial charge >= 0.3 is 47.8 Å². The first-order chi connectivity index (χ1) is 23.2. The lowest BCUT2D eigenvalue weighted by atomic mass is 9.96. The van der Waals surface area contributed by atoms with E-state index in [9.17, 15) is 38.4 Å². The highest BCUT2D eigenvalue weighted by atomic mass is 32.1. The lowest BCUT2D eigenvalue weighted by Gasteiger charge is -2.45. The van der Waals surface area contributed by atoms with E-state index in [4.69, 9.17) is 54.8 Å². The number of carbonyl (C=O) groups is 8. The second-order valence-corrected chi connectivity index (χ2v) is 11.3. The highest BCUT2D eigenvalue weighted by Gasteiger charge is 2.54. The van der Waals surface area contributed by atoms with Crippen LogP contribution in [0.15, 0.2) is 6.20 Å². The number of rotatable bonds is 14. The fourth-order valence-electron chi connectivity index (χ4n) is 5.08. The minimum absolute atomic E-state index is 0.108. The van der Waals surface area contributed by atoms with E-state index in [0.29, 0.717) is 0 Å². The Balaban J connectivity index is 2.98. The Morgan fingerprint density at radius 1 is 0.680 bits per heavy atom. The summed E-state index contributed by atoms with van der Waals surface area (Å²) in [6.45, 7) is 7.18. The number of imidazole rings is 1. The van der Waals surface area contributed by atoms with Crippen molar-refractivity contribution in [2.24, 2.45) is 7.05 Å². The van der Waals surface area contributed by atoms with Crippen LogP contribution in [0.25, 0.3) is 0 Å². The maximum atomic E-state index is 12.6. The van der Waals surface area contributed by atoms with E-state index in [1.807, 2.05) is 0 Å². The van der Waals surface area contributed by atoms with E-state index < -0.39 is 110 Å². The minimum Gasteiger partial charge on any atom is -0.463 e. The molecule has 8 atom stereocenters. The molecule has 0 aromatic carbocycles. The lowest BCUT2D eigenvalue weighted by molar-refractivity contribution is -0.269. The van der Waals surface area contributed by atoms with Crippen molar-refractivity contribution >= 4 is 60.0 Å². The molecule has 0 bridgehead atoms. The summed E-state index contributed by atoms with van der Waals surface area (Å²) in [6.07, 6.45) is -11.5. The molecule has 1 fully saturated rings. The molecule has 1 saturated heterocycles. The molecule has 0 N–H and O–H groups in total. The zero-order valence-electron chi connectivity index (χ0n) is 28.9. The van der Waals surface area contributed by atoms with Gasteiger partial charge in [-0.05, 0) is 12.2 Å². The third kappa shape index (κ3) is 11.6. The quantitative estimate of drug-likeness (QED) is 0.147. The number of carbonyl (C=O) groups excluding carboxylic acids is 8. The molecule has 0 unspecified atom stereocenters. The molecular formula is C30H40N2O17S. The summed E-state index contributed by atoms with van der Waals surface area (Å²) in [5, 5.41) is 0. The van der Waals surface area contributed by atoms with Gasteiger partial charge < -0.3 is 47.2 Å². The molecule has 19 nitrogen and oxygen atoms in total. The number of aromatic nitrogens is 2. The molecule has 278 valence electrons. The third-order valence-electron chi connectivity index (χ3n) is 6.65. The van der Waals surface area contributed by atoms with Crippen molar-refractivity contribution in [1.29, 1.82) is 0 Å². The highest BCUT2D eigenvalue weighted by molar-refractivity contribution is 7.71. The van der Waals surface area contributed by atoms with Crippen molar-refractivity contribution in [3.8, 4) is 0 Å². The Kier molecular flexibility index (Phi) is 15.1. The van der Waals surface area contributed by atoms with Gasteiger partial charge in [-0.1, -0.05) is 0 Å². The summed E-state index contributed by atoms with van der Waals surface area (Å²) in [4.78, 5) is 97.8. The maximum Gasteiger partial charge on any atom is 0.303 e. The van der Waals surface area contributed by atoms with Crippen LogP contribution in [-0.2, 0) is 88.0 Å². The Morgan fingerprint density at radius 2 is 1.18 bits per heavy atom. The maximum absolute atomic E-state index is 12.6. The molecule has 0 amide bonds. The zero-order valence-corrected chi connectivity index (χ0v) is 29.7. The van der Waals surface area contributed by atoms with Gasteiger partial charge in [0.15, 0.2) is 47.6 Å². The molecule has 1 aliphatic rings. The van der Waals surface area contributed by atoms with Crippen LogP contribution in [0, 0.1) is 4.77 Å². The van der Waals surface area contributed by atoms with E-state index in [1.165, 1.54) is 22.4 Å². The normalized spacial score (nSPS) is 21.7. The number of hydrogen-bond donors (Lipinski definition) is 0. The first-order valence-electron chi connectivity index (χ1n) is 15.0. The number of aryl methyl sites for hydroxylation is 1. The smallest absolute Gasteiger partial charge is 0.303 e. The molecule has 1 aromatic heterocycles. The molecular weight excluding hydrogens is 692 g/mol.